The zero-order chi connectivity index (χ0) is 11.8. The summed E-state index contributed by atoms with van der Waals surface area (Å²) in [7, 11) is 0. The Morgan fingerprint density at radius 2 is 2.12 bits per heavy atom. The number of nitrogens with zero attached hydrogens (tertiary/aromatic N) is 1. The van der Waals surface area contributed by atoms with Crippen molar-refractivity contribution < 1.29 is 9.47 Å². The first-order valence-corrected chi connectivity index (χ1v) is 5.20. The van der Waals surface area contributed by atoms with Crippen molar-refractivity contribution in [1.29, 1.82) is 0 Å². The summed E-state index contributed by atoms with van der Waals surface area (Å²) in [5.74, 6) is 7.34. The Hall–Kier alpha value is -2.21. The van der Waals surface area contributed by atoms with Crippen molar-refractivity contribution >= 4 is 5.95 Å². The highest BCUT2D eigenvalue weighted by Crippen LogP contribution is 2.38. The number of nitrogens with two attached hydrogens (primary N) is 1. The number of H-pyrrole nitrogens is 1. The summed E-state index contributed by atoms with van der Waals surface area (Å²) in [6.07, 6.45) is 1.72. The third-order valence-corrected chi connectivity index (χ3v) is 2.72. The van der Waals surface area contributed by atoms with Crippen LogP contribution in [0.2, 0.25) is 0 Å². The molecule has 0 amide bonds. The largest absolute Gasteiger partial charge is 0.454 e. The van der Waals surface area contributed by atoms with Crippen molar-refractivity contribution in [3.8, 4) is 22.8 Å². The van der Waals surface area contributed by atoms with Gasteiger partial charge < -0.3 is 14.5 Å². The van der Waals surface area contributed by atoms with E-state index in [-0.39, 0.29) is 6.79 Å². The first kappa shape index (κ1) is 9.98. The van der Waals surface area contributed by atoms with Crippen LogP contribution < -0.4 is 20.7 Å². The summed E-state index contributed by atoms with van der Waals surface area (Å²) >= 11 is 0. The maximum Gasteiger partial charge on any atom is 0.231 e. The highest BCUT2D eigenvalue weighted by Gasteiger charge is 2.17. The second-order valence-corrected chi connectivity index (χ2v) is 3.81. The number of anilines is 1. The summed E-state index contributed by atoms with van der Waals surface area (Å²) in [5, 5.41) is 0. The number of aromatic nitrogens is 2. The second kappa shape index (κ2) is 3.67. The molecule has 0 bridgehead atoms. The molecular weight excluding hydrogens is 220 g/mol. The number of ether oxygens (including phenoxy) is 2. The number of hydrogen-bond acceptors (Lipinski definition) is 5. The van der Waals surface area contributed by atoms with Crippen molar-refractivity contribution in [2.75, 3.05) is 12.2 Å². The van der Waals surface area contributed by atoms with E-state index in [0.717, 1.165) is 28.3 Å². The highest BCUT2D eigenvalue weighted by atomic mass is 16.7. The number of nitrogens with one attached hydrogen (secondary N) is 2. The summed E-state index contributed by atoms with van der Waals surface area (Å²) in [5.41, 5.74) is 5.45. The maximum atomic E-state index is 5.35. The lowest BCUT2D eigenvalue weighted by Gasteiger charge is -2.05. The van der Waals surface area contributed by atoms with Gasteiger partial charge in [-0.05, 0) is 24.6 Å². The molecule has 1 aromatic carbocycles. The molecule has 0 fully saturated rings. The van der Waals surface area contributed by atoms with Gasteiger partial charge in [0.15, 0.2) is 11.5 Å². The summed E-state index contributed by atoms with van der Waals surface area (Å²) in [4.78, 5) is 7.15. The number of hydrogen-bond donors (Lipinski definition) is 3. The van der Waals surface area contributed by atoms with Gasteiger partial charge in [-0.3, -0.25) is 5.43 Å². The zero-order valence-electron chi connectivity index (χ0n) is 9.28. The molecule has 1 aliphatic rings. The fourth-order valence-electron chi connectivity index (χ4n) is 1.87. The van der Waals surface area contributed by atoms with Crippen LogP contribution in [0.15, 0.2) is 18.3 Å². The van der Waals surface area contributed by atoms with Crippen LogP contribution >= 0.6 is 0 Å². The minimum Gasteiger partial charge on any atom is -0.454 e. The molecule has 0 atom stereocenters. The van der Waals surface area contributed by atoms with Crippen LogP contribution in [-0.4, -0.2) is 16.8 Å². The molecule has 0 spiro atoms. The fraction of sp³-hybridized carbons (Fsp3) is 0.182. The molecule has 2 aromatic rings. The second-order valence-electron chi connectivity index (χ2n) is 3.81. The fourth-order valence-corrected chi connectivity index (χ4v) is 1.87. The highest BCUT2D eigenvalue weighted by molar-refractivity contribution is 5.69. The first-order chi connectivity index (χ1) is 8.28. The maximum absolute atomic E-state index is 5.35. The number of fused-ring (bicyclic) bond motifs is 1. The van der Waals surface area contributed by atoms with E-state index in [9.17, 15) is 0 Å². The van der Waals surface area contributed by atoms with Gasteiger partial charge in [0, 0.05) is 5.56 Å². The van der Waals surface area contributed by atoms with Crippen LogP contribution in [0, 0.1) is 6.92 Å². The van der Waals surface area contributed by atoms with E-state index >= 15 is 0 Å². The van der Waals surface area contributed by atoms with Gasteiger partial charge in [0.2, 0.25) is 12.7 Å². The molecule has 6 heteroatoms. The van der Waals surface area contributed by atoms with Crippen LogP contribution in [0.1, 0.15) is 5.56 Å². The molecule has 0 saturated heterocycles. The van der Waals surface area contributed by atoms with Crippen LogP contribution in [0.5, 0.6) is 11.5 Å². The Labute approximate surface area is 97.7 Å². The number of aromatic amines is 1. The van der Waals surface area contributed by atoms with E-state index in [1.807, 2.05) is 19.1 Å². The van der Waals surface area contributed by atoms with Gasteiger partial charge in [-0.15, -0.1) is 0 Å². The third kappa shape index (κ3) is 1.58. The van der Waals surface area contributed by atoms with Crippen LogP contribution in [-0.2, 0) is 0 Å². The molecule has 1 aromatic heterocycles. The van der Waals surface area contributed by atoms with E-state index in [0.29, 0.717) is 5.95 Å². The Morgan fingerprint density at radius 3 is 2.82 bits per heavy atom. The number of nitrogen functional groups attached to an aromatic ring is 1. The Balaban J connectivity index is 2.08. The van der Waals surface area contributed by atoms with Gasteiger partial charge in [-0.1, -0.05) is 0 Å². The summed E-state index contributed by atoms with van der Waals surface area (Å²) in [6.45, 7) is 2.28. The predicted molar refractivity (Wildman–Crippen MR) is 62.7 cm³/mol. The molecule has 4 N–H and O–H groups in total. The molecule has 1 aliphatic heterocycles. The normalized spacial score (nSPS) is 12.8. The van der Waals surface area contributed by atoms with Crippen molar-refractivity contribution in [2.45, 2.75) is 6.92 Å². The number of rotatable bonds is 2. The monoisotopic (exact) mass is 232 g/mol. The average molecular weight is 232 g/mol. The molecule has 0 aliphatic carbocycles. The smallest absolute Gasteiger partial charge is 0.231 e. The van der Waals surface area contributed by atoms with Crippen molar-refractivity contribution in [3.63, 3.8) is 0 Å². The van der Waals surface area contributed by atoms with E-state index in [2.05, 4.69) is 15.4 Å². The van der Waals surface area contributed by atoms with E-state index in [1.165, 1.54) is 0 Å². The molecule has 3 rings (SSSR count). The minimum absolute atomic E-state index is 0.275. The van der Waals surface area contributed by atoms with Gasteiger partial charge in [-0.2, -0.15) is 0 Å². The first-order valence-electron chi connectivity index (χ1n) is 5.20. The van der Waals surface area contributed by atoms with Gasteiger partial charge in [-0.25, -0.2) is 10.8 Å². The standard InChI is InChI=1S/C11H12N4O2/c1-6-2-9-10(17-5-16-9)3-7(6)8-4-13-11(14-8)15-12/h2-4H,5,12H2,1H3,(H2,13,14,15). The van der Waals surface area contributed by atoms with E-state index in [1.54, 1.807) is 6.20 Å². The van der Waals surface area contributed by atoms with Crippen LogP contribution in [0.25, 0.3) is 11.3 Å². The molecule has 0 radical (unpaired) electrons. The Bertz CT molecular complexity index is 565. The SMILES string of the molecule is Cc1cc2c(cc1-c1cnc(NN)[nH]1)OCO2. The Kier molecular flexibility index (Phi) is 2.15. The quantitative estimate of drug-likeness (QED) is 0.538. The topological polar surface area (TPSA) is 85.2 Å². The van der Waals surface area contributed by atoms with Crippen molar-refractivity contribution in [2.24, 2.45) is 5.84 Å². The van der Waals surface area contributed by atoms with Crippen LogP contribution in [0.3, 0.4) is 0 Å². The number of aryl methyl sites for hydroxylation is 1. The molecule has 2 heterocycles. The van der Waals surface area contributed by atoms with Crippen molar-refractivity contribution in [3.05, 3.63) is 23.9 Å². The van der Waals surface area contributed by atoms with Crippen molar-refractivity contribution in [1.82, 2.24) is 9.97 Å². The summed E-state index contributed by atoms with van der Waals surface area (Å²) in [6, 6.07) is 3.89. The van der Waals surface area contributed by atoms with E-state index < -0.39 is 0 Å². The van der Waals surface area contributed by atoms with Gasteiger partial charge in [0.05, 0.1) is 11.9 Å². The number of imidazole rings is 1. The zero-order valence-corrected chi connectivity index (χ0v) is 9.28. The van der Waals surface area contributed by atoms with E-state index in [4.69, 9.17) is 15.3 Å². The molecular formula is C11H12N4O2. The van der Waals surface area contributed by atoms with Crippen LogP contribution in [0.4, 0.5) is 5.95 Å². The Morgan fingerprint density at radius 1 is 1.35 bits per heavy atom. The van der Waals surface area contributed by atoms with Gasteiger partial charge in [0.1, 0.15) is 0 Å². The lowest BCUT2D eigenvalue weighted by molar-refractivity contribution is 0.174. The number of benzene rings is 1. The number of hydrazine groups is 1. The predicted octanol–water partition coefficient (Wildman–Crippen LogP) is 1.40. The summed E-state index contributed by atoms with van der Waals surface area (Å²) < 4.78 is 10.7. The average Bonchev–Trinajstić information content (AvgIpc) is 2.94. The molecule has 0 unspecified atom stereocenters. The molecule has 88 valence electrons. The lowest BCUT2D eigenvalue weighted by atomic mass is 10.1. The minimum atomic E-state index is 0.275. The molecule has 0 saturated carbocycles. The lowest BCUT2D eigenvalue weighted by Crippen LogP contribution is -2.07. The molecule has 17 heavy (non-hydrogen) atoms. The van der Waals surface area contributed by atoms with Gasteiger partial charge >= 0.3 is 0 Å². The molecule has 6 nitrogen and oxygen atoms in total. The van der Waals surface area contributed by atoms with Gasteiger partial charge in [0.25, 0.3) is 0 Å². The third-order valence-electron chi connectivity index (χ3n) is 2.72.